The third-order valence-electron chi connectivity index (χ3n) is 10.6. The van der Waals surface area contributed by atoms with E-state index in [2.05, 4.69) is 66.7 Å². The number of furan rings is 2. The zero-order chi connectivity index (χ0) is 37.5. The molecule has 0 aliphatic heterocycles. The molecule has 7 nitrogen and oxygen atoms in total. The van der Waals surface area contributed by atoms with Crippen LogP contribution in [0.15, 0.2) is 173 Å². The van der Waals surface area contributed by atoms with Gasteiger partial charge in [0.1, 0.15) is 28.0 Å². The maximum atomic E-state index is 6.41. The molecule has 7 aromatic carbocycles. The standard InChI is InChI=1S/C49H27N5O2S/c1-3-14-28(15-4-1)42-44-43(31-19-8-10-25-37(31)56-44)51-47(50-42)34-22-13-27-39-41(34)32-20-11-23-35(45(32)57-39)49-53-46(29-16-5-2-6-17-29)52-48(54-49)33-21-12-26-38-40(33)30-18-7-9-24-36(30)55-38/h1-27H. The summed E-state index contributed by atoms with van der Waals surface area (Å²) < 4.78 is 14.9. The molecule has 0 spiro atoms. The molecule has 12 rings (SSSR count). The summed E-state index contributed by atoms with van der Waals surface area (Å²) in [5.74, 6) is 2.41. The summed E-state index contributed by atoms with van der Waals surface area (Å²) in [6, 6.07) is 55.2. The number of aromatic nitrogens is 5. The van der Waals surface area contributed by atoms with Crippen LogP contribution in [-0.4, -0.2) is 24.9 Å². The smallest absolute Gasteiger partial charge is 0.180 e. The van der Waals surface area contributed by atoms with Crippen LogP contribution in [0.5, 0.6) is 0 Å². The van der Waals surface area contributed by atoms with Gasteiger partial charge in [-0.15, -0.1) is 11.3 Å². The number of nitrogens with zero attached hydrogens (tertiary/aromatic N) is 5. The van der Waals surface area contributed by atoms with E-state index in [0.29, 0.717) is 28.9 Å². The van der Waals surface area contributed by atoms with Gasteiger partial charge in [-0.05, 0) is 36.4 Å². The molecule has 0 amide bonds. The molecule has 0 unspecified atom stereocenters. The Morgan fingerprint density at radius 3 is 1.74 bits per heavy atom. The molecule has 5 heterocycles. The molecule has 8 heteroatoms. The van der Waals surface area contributed by atoms with Crippen LogP contribution in [-0.2, 0) is 0 Å². The zero-order valence-electron chi connectivity index (χ0n) is 30.0. The van der Waals surface area contributed by atoms with Crippen molar-refractivity contribution in [2.45, 2.75) is 0 Å². The van der Waals surface area contributed by atoms with E-state index in [4.69, 9.17) is 33.8 Å². The monoisotopic (exact) mass is 749 g/mol. The molecule has 0 aliphatic rings. The topological polar surface area (TPSA) is 90.7 Å². The number of hydrogen-bond donors (Lipinski definition) is 0. The molecule has 12 aromatic rings. The van der Waals surface area contributed by atoms with Gasteiger partial charge in [0, 0.05) is 64.1 Å². The van der Waals surface area contributed by atoms with Gasteiger partial charge in [-0.1, -0.05) is 127 Å². The normalized spacial score (nSPS) is 11.9. The third-order valence-corrected chi connectivity index (χ3v) is 11.8. The number of thiophene rings is 1. The Bertz CT molecular complexity index is 3540. The Kier molecular flexibility index (Phi) is 6.96. The second-order valence-electron chi connectivity index (χ2n) is 14.0. The first-order chi connectivity index (χ1) is 28.2. The van der Waals surface area contributed by atoms with Crippen molar-refractivity contribution >= 4 is 75.5 Å². The fourth-order valence-electron chi connectivity index (χ4n) is 8.01. The highest BCUT2D eigenvalue weighted by atomic mass is 32.1. The molecule has 266 valence electrons. The number of benzene rings is 7. The van der Waals surface area contributed by atoms with Crippen LogP contribution < -0.4 is 0 Å². The lowest BCUT2D eigenvalue weighted by atomic mass is 10.0. The summed E-state index contributed by atoms with van der Waals surface area (Å²) in [5.41, 5.74) is 9.25. The minimum Gasteiger partial charge on any atom is -0.456 e. The van der Waals surface area contributed by atoms with Crippen molar-refractivity contribution < 1.29 is 8.83 Å². The second-order valence-corrected chi connectivity index (χ2v) is 15.0. The Balaban J connectivity index is 1.10. The van der Waals surface area contributed by atoms with Crippen LogP contribution in [0.4, 0.5) is 0 Å². The molecule has 0 N–H and O–H groups in total. The van der Waals surface area contributed by atoms with E-state index >= 15 is 0 Å². The Morgan fingerprint density at radius 1 is 0.368 bits per heavy atom. The van der Waals surface area contributed by atoms with Crippen LogP contribution in [0.3, 0.4) is 0 Å². The maximum absolute atomic E-state index is 6.41. The lowest BCUT2D eigenvalue weighted by Gasteiger charge is -2.10. The van der Waals surface area contributed by atoms with Gasteiger partial charge in [0.2, 0.25) is 0 Å². The summed E-state index contributed by atoms with van der Waals surface area (Å²) in [6.45, 7) is 0. The van der Waals surface area contributed by atoms with E-state index in [1.165, 1.54) is 0 Å². The Morgan fingerprint density at radius 2 is 0.930 bits per heavy atom. The van der Waals surface area contributed by atoms with Crippen molar-refractivity contribution in [1.82, 2.24) is 24.9 Å². The summed E-state index contributed by atoms with van der Waals surface area (Å²) in [6.07, 6.45) is 0. The molecule has 0 fully saturated rings. The van der Waals surface area contributed by atoms with Gasteiger partial charge in [0.25, 0.3) is 0 Å². The zero-order valence-corrected chi connectivity index (χ0v) is 30.9. The third kappa shape index (κ3) is 5.01. The van der Waals surface area contributed by atoms with Crippen LogP contribution in [0.25, 0.3) is 121 Å². The maximum Gasteiger partial charge on any atom is 0.180 e. The van der Waals surface area contributed by atoms with Gasteiger partial charge in [-0.3, -0.25) is 0 Å². The lowest BCUT2D eigenvalue weighted by Crippen LogP contribution is -2.00. The minimum absolute atomic E-state index is 0.581. The molecule has 0 atom stereocenters. The van der Waals surface area contributed by atoms with Gasteiger partial charge in [-0.2, -0.15) is 0 Å². The predicted molar refractivity (Wildman–Crippen MR) is 230 cm³/mol. The van der Waals surface area contributed by atoms with Crippen molar-refractivity contribution in [3.8, 4) is 56.8 Å². The van der Waals surface area contributed by atoms with Crippen molar-refractivity contribution in [2.24, 2.45) is 0 Å². The van der Waals surface area contributed by atoms with Crippen LogP contribution in [0.1, 0.15) is 0 Å². The van der Waals surface area contributed by atoms with E-state index in [0.717, 1.165) is 92.1 Å². The number of fused-ring (bicyclic) bond motifs is 9. The van der Waals surface area contributed by atoms with E-state index in [-0.39, 0.29) is 0 Å². The van der Waals surface area contributed by atoms with Crippen LogP contribution in [0.2, 0.25) is 0 Å². The van der Waals surface area contributed by atoms with E-state index < -0.39 is 0 Å². The molecule has 5 aromatic heterocycles. The van der Waals surface area contributed by atoms with Gasteiger partial charge < -0.3 is 8.83 Å². The van der Waals surface area contributed by atoms with Crippen LogP contribution >= 0.6 is 11.3 Å². The summed E-state index contributed by atoms with van der Waals surface area (Å²) >= 11 is 1.72. The van der Waals surface area contributed by atoms with Gasteiger partial charge in [-0.25, -0.2) is 24.9 Å². The van der Waals surface area contributed by atoms with E-state index in [9.17, 15) is 0 Å². The highest BCUT2D eigenvalue weighted by Gasteiger charge is 2.23. The molecule has 0 aliphatic carbocycles. The van der Waals surface area contributed by atoms with Crippen molar-refractivity contribution in [2.75, 3.05) is 0 Å². The van der Waals surface area contributed by atoms with E-state index in [1.54, 1.807) is 11.3 Å². The average Bonchev–Trinajstić information content (AvgIpc) is 3.98. The Hall–Kier alpha value is -7.55. The first-order valence-electron chi connectivity index (χ1n) is 18.7. The quantitative estimate of drug-likeness (QED) is 0.173. The highest BCUT2D eigenvalue weighted by molar-refractivity contribution is 7.26. The van der Waals surface area contributed by atoms with E-state index in [1.807, 2.05) is 97.1 Å². The summed E-state index contributed by atoms with van der Waals surface area (Å²) in [7, 11) is 0. The lowest BCUT2D eigenvalue weighted by molar-refractivity contribution is 0.667. The SMILES string of the molecule is c1ccc(-c2nc(-c3cccc4c3sc3cccc(-c5nc(-c6ccccc6)c6oc7ccccc7c6n5)c34)nc(-c3cccc4oc5ccccc5c34)n2)cc1. The predicted octanol–water partition coefficient (Wildman–Crippen LogP) is 13.2. The molecular formula is C49H27N5O2S. The molecule has 0 radical (unpaired) electrons. The van der Waals surface area contributed by atoms with Gasteiger partial charge in [0.15, 0.2) is 28.9 Å². The number of para-hydroxylation sites is 2. The highest BCUT2D eigenvalue weighted by Crippen LogP contribution is 2.45. The van der Waals surface area contributed by atoms with Crippen LogP contribution in [0, 0.1) is 0 Å². The first kappa shape index (κ1) is 31.8. The largest absolute Gasteiger partial charge is 0.456 e. The number of rotatable bonds is 5. The molecule has 0 bridgehead atoms. The second kappa shape index (κ2) is 12.5. The van der Waals surface area contributed by atoms with Crippen molar-refractivity contribution in [3.05, 3.63) is 164 Å². The summed E-state index contributed by atoms with van der Waals surface area (Å²) in [5, 5.41) is 5.11. The Labute approximate surface area is 328 Å². The van der Waals surface area contributed by atoms with Gasteiger partial charge in [0.05, 0.1) is 0 Å². The number of hydrogen-bond acceptors (Lipinski definition) is 8. The molecule has 0 saturated heterocycles. The average molecular weight is 750 g/mol. The first-order valence-corrected chi connectivity index (χ1v) is 19.5. The fourth-order valence-corrected chi connectivity index (χ4v) is 9.25. The fraction of sp³-hybridized carbons (Fsp3) is 0. The van der Waals surface area contributed by atoms with Crippen molar-refractivity contribution in [1.29, 1.82) is 0 Å². The summed E-state index contributed by atoms with van der Waals surface area (Å²) in [4.78, 5) is 26.0. The van der Waals surface area contributed by atoms with Gasteiger partial charge >= 0.3 is 0 Å². The minimum atomic E-state index is 0.581. The van der Waals surface area contributed by atoms with Crippen molar-refractivity contribution in [3.63, 3.8) is 0 Å². The molecule has 0 saturated carbocycles. The molecular weight excluding hydrogens is 723 g/mol. The molecule has 57 heavy (non-hydrogen) atoms.